The molecule has 6 heteroatoms. The Labute approximate surface area is 142 Å². The molecular weight excluding hydrogens is 332 g/mol. The first-order valence-corrected chi connectivity index (χ1v) is 9.80. The van der Waals surface area contributed by atoms with Gasteiger partial charge in [0, 0.05) is 36.2 Å². The molecule has 1 aromatic carbocycles. The number of benzene rings is 1. The summed E-state index contributed by atoms with van der Waals surface area (Å²) in [7, 11) is -3.05. The third kappa shape index (κ3) is 3.23. The van der Waals surface area contributed by atoms with Crippen LogP contribution in [0, 0.1) is 0 Å². The van der Waals surface area contributed by atoms with E-state index in [1.165, 1.54) is 0 Å². The predicted molar refractivity (Wildman–Crippen MR) is 94.5 cm³/mol. The molecule has 3 rings (SSSR count). The molecule has 1 aromatic heterocycles. The van der Waals surface area contributed by atoms with Crippen molar-refractivity contribution >= 4 is 32.3 Å². The Morgan fingerprint density at radius 3 is 2.83 bits per heavy atom. The first-order valence-electron chi connectivity index (χ1n) is 7.77. The van der Waals surface area contributed by atoms with Crippen molar-refractivity contribution in [2.24, 2.45) is 0 Å². The highest BCUT2D eigenvalue weighted by Gasteiger charge is 2.36. The molecule has 0 aliphatic carbocycles. The molecule has 0 radical (unpaired) electrons. The van der Waals surface area contributed by atoms with Crippen LogP contribution in [0.15, 0.2) is 30.5 Å². The summed E-state index contributed by atoms with van der Waals surface area (Å²) < 4.78 is 24.0. The Balaban J connectivity index is 1.88. The Bertz CT molecular complexity index is 834. The zero-order chi connectivity index (χ0) is 16.7. The van der Waals surface area contributed by atoms with E-state index >= 15 is 0 Å². The fourth-order valence-corrected chi connectivity index (χ4v) is 4.61. The minimum absolute atomic E-state index is 0.207. The number of nitrogens with zero attached hydrogens (tertiary/aromatic N) is 2. The van der Waals surface area contributed by atoms with Gasteiger partial charge in [-0.25, -0.2) is 8.42 Å². The number of sulfone groups is 1. The summed E-state index contributed by atoms with van der Waals surface area (Å²) in [6.45, 7) is 5.67. The number of halogens is 1. The molecule has 0 atom stereocenters. The van der Waals surface area contributed by atoms with Gasteiger partial charge in [0.1, 0.15) is 0 Å². The quantitative estimate of drug-likeness (QED) is 0.832. The van der Waals surface area contributed by atoms with Crippen LogP contribution >= 0.6 is 11.6 Å². The van der Waals surface area contributed by atoms with Gasteiger partial charge in [0.2, 0.25) is 0 Å². The van der Waals surface area contributed by atoms with E-state index in [0.29, 0.717) is 24.5 Å². The summed E-state index contributed by atoms with van der Waals surface area (Å²) in [5.74, 6) is 0.207. The SMILES string of the molecule is CC1(C)CCN(Cc2ccc(Cl)c3cccnc23)CCS1(=O)=O. The lowest BCUT2D eigenvalue weighted by Gasteiger charge is -2.22. The second kappa shape index (κ2) is 6.04. The van der Waals surface area contributed by atoms with E-state index in [1.54, 1.807) is 6.20 Å². The Morgan fingerprint density at radius 2 is 2.04 bits per heavy atom. The molecule has 0 unspecified atom stereocenters. The molecule has 1 fully saturated rings. The maximum Gasteiger partial charge on any atom is 0.156 e. The van der Waals surface area contributed by atoms with E-state index in [2.05, 4.69) is 9.88 Å². The molecule has 2 heterocycles. The third-order valence-corrected chi connectivity index (χ3v) is 7.68. The summed E-state index contributed by atoms with van der Waals surface area (Å²) in [6, 6.07) is 7.71. The lowest BCUT2D eigenvalue weighted by Crippen LogP contribution is -2.33. The number of rotatable bonds is 2. The highest BCUT2D eigenvalue weighted by atomic mass is 35.5. The Hall–Kier alpha value is -1.17. The molecule has 4 nitrogen and oxygen atoms in total. The van der Waals surface area contributed by atoms with E-state index in [0.717, 1.165) is 23.0 Å². The minimum Gasteiger partial charge on any atom is -0.298 e. The van der Waals surface area contributed by atoms with Gasteiger partial charge in [-0.3, -0.25) is 9.88 Å². The average Bonchev–Trinajstić information content (AvgIpc) is 2.61. The van der Waals surface area contributed by atoms with Gasteiger partial charge in [0.25, 0.3) is 0 Å². The maximum absolute atomic E-state index is 12.3. The van der Waals surface area contributed by atoms with Crippen molar-refractivity contribution < 1.29 is 8.42 Å². The molecule has 0 spiro atoms. The van der Waals surface area contributed by atoms with Crippen molar-refractivity contribution in [3.8, 4) is 0 Å². The summed E-state index contributed by atoms with van der Waals surface area (Å²) in [5, 5.41) is 1.63. The minimum atomic E-state index is -3.05. The van der Waals surface area contributed by atoms with Crippen molar-refractivity contribution in [1.29, 1.82) is 0 Å². The highest BCUT2D eigenvalue weighted by molar-refractivity contribution is 7.92. The van der Waals surface area contributed by atoms with Crippen LogP contribution in [-0.4, -0.2) is 41.9 Å². The number of hydrogen-bond donors (Lipinski definition) is 0. The summed E-state index contributed by atoms with van der Waals surface area (Å²) in [4.78, 5) is 6.66. The van der Waals surface area contributed by atoms with Gasteiger partial charge in [0.15, 0.2) is 9.84 Å². The Kier molecular flexibility index (Phi) is 4.38. The standard InChI is InChI=1S/C17H21ClN2O2S/c1-17(2)7-9-20(10-11-23(17,21)22)12-13-5-6-15(18)14-4-3-8-19-16(13)14/h3-6,8H,7,9-12H2,1-2H3. The molecule has 0 N–H and O–H groups in total. The van der Waals surface area contributed by atoms with E-state index in [1.807, 2.05) is 38.1 Å². The lowest BCUT2D eigenvalue weighted by atomic mass is 10.1. The van der Waals surface area contributed by atoms with Gasteiger partial charge in [-0.2, -0.15) is 0 Å². The zero-order valence-corrected chi connectivity index (χ0v) is 15.0. The second-order valence-electron chi connectivity index (χ2n) is 6.71. The molecule has 0 bridgehead atoms. The molecule has 2 aromatic rings. The topological polar surface area (TPSA) is 50.3 Å². The molecule has 1 aliphatic heterocycles. The molecule has 23 heavy (non-hydrogen) atoms. The maximum atomic E-state index is 12.3. The second-order valence-corrected chi connectivity index (χ2v) is 9.86. The van der Waals surface area contributed by atoms with Gasteiger partial charge in [-0.05, 0) is 44.0 Å². The van der Waals surface area contributed by atoms with Crippen LogP contribution in [0.5, 0.6) is 0 Å². The van der Waals surface area contributed by atoms with E-state index in [-0.39, 0.29) is 5.75 Å². The number of pyridine rings is 1. The number of fused-ring (bicyclic) bond motifs is 1. The fourth-order valence-electron chi connectivity index (χ4n) is 2.94. The van der Waals surface area contributed by atoms with Crippen LogP contribution in [0.3, 0.4) is 0 Å². The van der Waals surface area contributed by atoms with Crippen LogP contribution in [0.25, 0.3) is 10.9 Å². The Morgan fingerprint density at radius 1 is 1.26 bits per heavy atom. The summed E-state index contributed by atoms with van der Waals surface area (Å²) >= 11 is 6.24. The third-order valence-electron chi connectivity index (χ3n) is 4.74. The molecule has 1 saturated heterocycles. The first kappa shape index (κ1) is 16.7. The first-order chi connectivity index (χ1) is 10.8. The van der Waals surface area contributed by atoms with E-state index in [9.17, 15) is 8.42 Å². The molecule has 124 valence electrons. The molecule has 0 saturated carbocycles. The summed E-state index contributed by atoms with van der Waals surface area (Å²) in [6.07, 6.45) is 2.41. The van der Waals surface area contributed by atoms with Gasteiger partial charge in [-0.1, -0.05) is 17.7 Å². The molecular formula is C17H21ClN2O2S. The highest BCUT2D eigenvalue weighted by Crippen LogP contribution is 2.28. The normalized spacial score (nSPS) is 21.2. The van der Waals surface area contributed by atoms with Crippen molar-refractivity contribution in [3.05, 3.63) is 41.0 Å². The molecule has 0 amide bonds. The number of hydrogen-bond acceptors (Lipinski definition) is 4. The van der Waals surface area contributed by atoms with Crippen LogP contribution in [0.2, 0.25) is 5.02 Å². The van der Waals surface area contributed by atoms with Crippen LogP contribution < -0.4 is 0 Å². The van der Waals surface area contributed by atoms with Crippen molar-refractivity contribution in [2.75, 3.05) is 18.8 Å². The monoisotopic (exact) mass is 352 g/mol. The largest absolute Gasteiger partial charge is 0.298 e. The predicted octanol–water partition coefficient (Wildman–Crippen LogP) is 3.29. The van der Waals surface area contributed by atoms with Crippen molar-refractivity contribution in [3.63, 3.8) is 0 Å². The van der Waals surface area contributed by atoms with Gasteiger partial charge in [-0.15, -0.1) is 0 Å². The smallest absolute Gasteiger partial charge is 0.156 e. The van der Waals surface area contributed by atoms with Crippen LogP contribution in [0.1, 0.15) is 25.8 Å². The van der Waals surface area contributed by atoms with Crippen molar-refractivity contribution in [1.82, 2.24) is 9.88 Å². The van der Waals surface area contributed by atoms with Crippen LogP contribution in [-0.2, 0) is 16.4 Å². The number of aromatic nitrogens is 1. The molecule has 1 aliphatic rings. The average molecular weight is 353 g/mol. The van der Waals surface area contributed by atoms with Gasteiger partial charge in [0.05, 0.1) is 16.0 Å². The lowest BCUT2D eigenvalue weighted by molar-refractivity contribution is 0.277. The van der Waals surface area contributed by atoms with E-state index < -0.39 is 14.6 Å². The van der Waals surface area contributed by atoms with Crippen LogP contribution in [0.4, 0.5) is 0 Å². The fraction of sp³-hybridized carbons (Fsp3) is 0.471. The summed E-state index contributed by atoms with van der Waals surface area (Å²) in [5.41, 5.74) is 1.98. The van der Waals surface area contributed by atoms with Gasteiger partial charge >= 0.3 is 0 Å². The zero-order valence-electron chi connectivity index (χ0n) is 13.4. The van der Waals surface area contributed by atoms with E-state index in [4.69, 9.17) is 11.6 Å². The van der Waals surface area contributed by atoms with Crippen molar-refractivity contribution in [2.45, 2.75) is 31.6 Å². The van der Waals surface area contributed by atoms with Gasteiger partial charge < -0.3 is 0 Å².